The lowest BCUT2D eigenvalue weighted by Gasteiger charge is -2.38. The first-order chi connectivity index (χ1) is 9.05. The van der Waals surface area contributed by atoms with Crippen LogP contribution >= 0.6 is 11.6 Å². The zero-order valence-corrected chi connectivity index (χ0v) is 11.9. The van der Waals surface area contributed by atoms with Crippen molar-refractivity contribution in [3.05, 3.63) is 34.9 Å². The number of hydrogen-bond donors (Lipinski definition) is 2. The second kappa shape index (κ2) is 5.90. The van der Waals surface area contributed by atoms with E-state index in [1.807, 2.05) is 25.1 Å². The third-order valence-corrected chi connectivity index (χ3v) is 4.07. The van der Waals surface area contributed by atoms with E-state index in [1.54, 1.807) is 6.07 Å². The highest BCUT2D eigenvalue weighted by atomic mass is 35.5. The highest BCUT2D eigenvalue weighted by Gasteiger charge is 2.39. The highest BCUT2D eigenvalue weighted by molar-refractivity contribution is 6.30. The van der Waals surface area contributed by atoms with Crippen LogP contribution in [-0.4, -0.2) is 37.0 Å². The highest BCUT2D eigenvalue weighted by Crippen LogP contribution is 2.30. The molecule has 3 N–H and O–H groups in total. The van der Waals surface area contributed by atoms with Gasteiger partial charge in [-0.15, -0.1) is 0 Å². The molecule has 5 heteroatoms. The number of nitrogens with zero attached hydrogens (tertiary/aromatic N) is 1. The number of rotatable bonds is 3. The monoisotopic (exact) mass is 281 g/mol. The van der Waals surface area contributed by atoms with Crippen molar-refractivity contribution in [3.63, 3.8) is 0 Å². The Morgan fingerprint density at radius 3 is 2.89 bits per heavy atom. The SMILES string of the molecule is CC(C(N)=O)(c1cccc(Cl)c1)N1CCCNCC1. The zero-order valence-electron chi connectivity index (χ0n) is 11.2. The van der Waals surface area contributed by atoms with E-state index in [9.17, 15) is 4.79 Å². The fourth-order valence-electron chi connectivity index (χ4n) is 2.56. The number of benzene rings is 1. The Bertz CT molecular complexity index is 458. The maximum absolute atomic E-state index is 12.1. The van der Waals surface area contributed by atoms with E-state index in [2.05, 4.69) is 10.2 Å². The number of carbonyl (C=O) groups excluding carboxylic acids is 1. The number of carbonyl (C=O) groups is 1. The molecule has 1 unspecified atom stereocenters. The van der Waals surface area contributed by atoms with Gasteiger partial charge in [0.05, 0.1) is 0 Å². The average Bonchev–Trinajstić information content (AvgIpc) is 2.66. The Kier molecular flexibility index (Phi) is 4.45. The van der Waals surface area contributed by atoms with Crippen molar-refractivity contribution in [1.82, 2.24) is 10.2 Å². The summed E-state index contributed by atoms with van der Waals surface area (Å²) in [6.45, 7) is 5.36. The average molecular weight is 282 g/mol. The van der Waals surface area contributed by atoms with Gasteiger partial charge >= 0.3 is 0 Å². The van der Waals surface area contributed by atoms with Gasteiger partial charge in [0.15, 0.2) is 0 Å². The molecular weight excluding hydrogens is 262 g/mol. The van der Waals surface area contributed by atoms with E-state index in [1.165, 1.54) is 0 Å². The van der Waals surface area contributed by atoms with E-state index >= 15 is 0 Å². The van der Waals surface area contributed by atoms with Crippen molar-refractivity contribution in [2.24, 2.45) is 5.73 Å². The van der Waals surface area contributed by atoms with Crippen molar-refractivity contribution in [2.45, 2.75) is 18.9 Å². The van der Waals surface area contributed by atoms with Crippen molar-refractivity contribution in [1.29, 1.82) is 0 Å². The van der Waals surface area contributed by atoms with Gasteiger partial charge in [-0.05, 0) is 37.6 Å². The summed E-state index contributed by atoms with van der Waals surface area (Å²) in [7, 11) is 0. The lowest BCUT2D eigenvalue weighted by molar-refractivity contribution is -0.129. The van der Waals surface area contributed by atoms with Crippen LogP contribution in [0, 0.1) is 0 Å². The van der Waals surface area contributed by atoms with Gasteiger partial charge < -0.3 is 11.1 Å². The molecule has 104 valence electrons. The van der Waals surface area contributed by atoms with Crippen molar-refractivity contribution in [3.8, 4) is 0 Å². The number of nitrogens with two attached hydrogens (primary N) is 1. The lowest BCUT2D eigenvalue weighted by Crippen LogP contribution is -2.54. The summed E-state index contributed by atoms with van der Waals surface area (Å²) in [6.07, 6.45) is 1.00. The predicted molar refractivity (Wildman–Crippen MR) is 77.1 cm³/mol. The maximum atomic E-state index is 12.1. The molecule has 1 amide bonds. The molecule has 0 bridgehead atoms. The van der Waals surface area contributed by atoms with E-state index in [4.69, 9.17) is 17.3 Å². The summed E-state index contributed by atoms with van der Waals surface area (Å²) in [5, 5.41) is 3.95. The van der Waals surface area contributed by atoms with Crippen molar-refractivity contribution >= 4 is 17.5 Å². The molecule has 4 nitrogen and oxygen atoms in total. The topological polar surface area (TPSA) is 58.4 Å². The van der Waals surface area contributed by atoms with Crippen LogP contribution in [0.1, 0.15) is 18.9 Å². The minimum Gasteiger partial charge on any atom is -0.368 e. The van der Waals surface area contributed by atoms with Crippen LogP contribution in [0.4, 0.5) is 0 Å². The van der Waals surface area contributed by atoms with Crippen LogP contribution in [0.5, 0.6) is 0 Å². The predicted octanol–water partition coefficient (Wildman–Crippen LogP) is 1.34. The molecule has 1 aromatic carbocycles. The molecule has 0 spiro atoms. The molecule has 0 aromatic heterocycles. The zero-order chi connectivity index (χ0) is 13.9. The van der Waals surface area contributed by atoms with E-state index in [0.29, 0.717) is 5.02 Å². The summed E-state index contributed by atoms with van der Waals surface area (Å²) in [6, 6.07) is 7.39. The van der Waals surface area contributed by atoms with E-state index in [-0.39, 0.29) is 5.91 Å². The van der Waals surface area contributed by atoms with Gasteiger partial charge in [0.25, 0.3) is 0 Å². The van der Waals surface area contributed by atoms with Gasteiger partial charge in [-0.3, -0.25) is 9.69 Å². The molecule has 1 aliphatic heterocycles. The number of primary amides is 1. The van der Waals surface area contributed by atoms with Gasteiger partial charge in [0, 0.05) is 24.7 Å². The first-order valence-corrected chi connectivity index (χ1v) is 6.94. The number of nitrogens with one attached hydrogen (secondary N) is 1. The number of halogens is 1. The Morgan fingerprint density at radius 2 is 2.21 bits per heavy atom. The molecule has 1 aromatic rings. The van der Waals surface area contributed by atoms with Crippen LogP contribution in [-0.2, 0) is 10.3 Å². The van der Waals surface area contributed by atoms with Crippen LogP contribution in [0.25, 0.3) is 0 Å². The molecule has 1 heterocycles. The Hall–Kier alpha value is -1.10. The van der Waals surface area contributed by atoms with Crippen LogP contribution in [0.3, 0.4) is 0 Å². The quantitative estimate of drug-likeness (QED) is 0.879. The number of hydrogen-bond acceptors (Lipinski definition) is 3. The molecule has 1 fully saturated rings. The smallest absolute Gasteiger partial charge is 0.242 e. The standard InChI is InChI=1S/C14H20ClN3O/c1-14(13(16)19,11-4-2-5-12(15)10-11)18-8-3-6-17-7-9-18/h2,4-5,10,17H,3,6-9H2,1H3,(H2,16,19). The molecule has 0 aliphatic carbocycles. The molecule has 19 heavy (non-hydrogen) atoms. The second-order valence-corrected chi connectivity index (χ2v) is 5.47. The molecule has 1 saturated heterocycles. The third kappa shape index (κ3) is 2.91. The van der Waals surface area contributed by atoms with Gasteiger partial charge in [0.1, 0.15) is 5.54 Å². The van der Waals surface area contributed by atoms with Crippen LogP contribution in [0.2, 0.25) is 5.02 Å². The molecule has 2 rings (SSSR count). The van der Waals surface area contributed by atoms with Gasteiger partial charge in [-0.25, -0.2) is 0 Å². The molecule has 0 saturated carbocycles. The summed E-state index contributed by atoms with van der Waals surface area (Å²) in [5.74, 6) is -0.336. The van der Waals surface area contributed by atoms with E-state index < -0.39 is 5.54 Å². The molecule has 1 atom stereocenters. The minimum absolute atomic E-state index is 0.336. The summed E-state index contributed by atoms with van der Waals surface area (Å²) < 4.78 is 0. The van der Waals surface area contributed by atoms with Crippen LogP contribution < -0.4 is 11.1 Å². The summed E-state index contributed by atoms with van der Waals surface area (Å²) in [4.78, 5) is 14.2. The fraction of sp³-hybridized carbons (Fsp3) is 0.500. The third-order valence-electron chi connectivity index (χ3n) is 3.84. The normalized spacial score (nSPS) is 20.5. The van der Waals surface area contributed by atoms with Gasteiger partial charge in [-0.1, -0.05) is 23.7 Å². The van der Waals surface area contributed by atoms with Gasteiger partial charge in [-0.2, -0.15) is 0 Å². The first kappa shape index (κ1) is 14.3. The Labute approximate surface area is 118 Å². The number of amides is 1. The Balaban J connectivity index is 2.38. The lowest BCUT2D eigenvalue weighted by atomic mass is 9.89. The largest absolute Gasteiger partial charge is 0.368 e. The van der Waals surface area contributed by atoms with Gasteiger partial charge in [0.2, 0.25) is 5.91 Å². The minimum atomic E-state index is -0.809. The summed E-state index contributed by atoms with van der Waals surface area (Å²) in [5.41, 5.74) is 5.74. The van der Waals surface area contributed by atoms with Crippen molar-refractivity contribution in [2.75, 3.05) is 26.2 Å². The van der Waals surface area contributed by atoms with Crippen molar-refractivity contribution < 1.29 is 4.79 Å². The maximum Gasteiger partial charge on any atom is 0.242 e. The fourth-order valence-corrected chi connectivity index (χ4v) is 2.76. The molecule has 1 aliphatic rings. The first-order valence-electron chi connectivity index (χ1n) is 6.57. The molecular formula is C14H20ClN3O. The van der Waals surface area contributed by atoms with Crippen LogP contribution in [0.15, 0.2) is 24.3 Å². The van der Waals surface area contributed by atoms with E-state index in [0.717, 1.165) is 38.2 Å². The summed E-state index contributed by atoms with van der Waals surface area (Å²) >= 11 is 6.04. The Morgan fingerprint density at radius 1 is 1.42 bits per heavy atom. The molecule has 0 radical (unpaired) electrons. The second-order valence-electron chi connectivity index (χ2n) is 5.04.